The van der Waals surface area contributed by atoms with Gasteiger partial charge in [-0.1, -0.05) is 35.9 Å². The minimum Gasteiger partial charge on any atom is -0.457 e. The molecule has 6 nitrogen and oxygen atoms in total. The molecule has 3 rings (SSSR count). The molecule has 0 atom stereocenters. The van der Waals surface area contributed by atoms with Gasteiger partial charge in [-0.3, -0.25) is 14.4 Å². The summed E-state index contributed by atoms with van der Waals surface area (Å²) in [7, 11) is 0. The molecule has 0 amide bonds. The van der Waals surface area contributed by atoms with Crippen LogP contribution < -0.4 is 5.56 Å². The van der Waals surface area contributed by atoms with E-state index in [0.29, 0.717) is 27.3 Å². The average Bonchev–Trinajstić information content (AvgIpc) is 2.65. The first-order valence-electron chi connectivity index (χ1n) is 7.96. The molecule has 0 aliphatic carbocycles. The summed E-state index contributed by atoms with van der Waals surface area (Å²) in [5.41, 5.74) is 0.615. The van der Waals surface area contributed by atoms with E-state index in [2.05, 4.69) is 9.97 Å². The lowest BCUT2D eigenvalue weighted by atomic mass is 10.1. The minimum atomic E-state index is -0.554. The smallest absolute Gasteiger partial charge is 0.306 e. The van der Waals surface area contributed by atoms with Crippen LogP contribution in [0.25, 0.3) is 10.9 Å². The molecule has 132 valence electrons. The number of benzene rings is 2. The van der Waals surface area contributed by atoms with Crippen molar-refractivity contribution in [1.82, 2.24) is 9.97 Å². The van der Waals surface area contributed by atoms with Gasteiger partial charge in [-0.25, -0.2) is 4.98 Å². The van der Waals surface area contributed by atoms with E-state index < -0.39 is 5.97 Å². The normalized spacial score (nSPS) is 10.7. The maximum Gasteiger partial charge on any atom is 0.306 e. The second-order valence-electron chi connectivity index (χ2n) is 5.59. The molecule has 0 aliphatic heterocycles. The molecule has 0 aliphatic rings. The van der Waals surface area contributed by atoms with E-state index in [-0.39, 0.29) is 30.8 Å². The summed E-state index contributed by atoms with van der Waals surface area (Å²) >= 11 is 5.93. The highest BCUT2D eigenvalue weighted by molar-refractivity contribution is 6.34. The number of nitrogens with one attached hydrogen (secondary N) is 1. The summed E-state index contributed by atoms with van der Waals surface area (Å²) in [5, 5.41) is 0.802. The molecule has 0 spiro atoms. The van der Waals surface area contributed by atoms with E-state index in [9.17, 15) is 14.4 Å². The van der Waals surface area contributed by atoms with Crippen LogP contribution in [0.1, 0.15) is 22.6 Å². The van der Waals surface area contributed by atoms with Gasteiger partial charge in [0, 0.05) is 12.0 Å². The predicted octanol–water partition coefficient (Wildman–Crippen LogP) is 2.94. The van der Waals surface area contributed by atoms with E-state index in [4.69, 9.17) is 16.3 Å². The third kappa shape index (κ3) is 4.15. The van der Waals surface area contributed by atoms with Crippen LogP contribution in [0.15, 0.2) is 53.3 Å². The van der Waals surface area contributed by atoms with Gasteiger partial charge in [-0.15, -0.1) is 0 Å². The number of ether oxygens (including phenoxy) is 1. The Balaban J connectivity index is 1.57. The molecule has 7 heteroatoms. The van der Waals surface area contributed by atoms with Crippen molar-refractivity contribution in [3.63, 3.8) is 0 Å². The van der Waals surface area contributed by atoms with Crippen molar-refractivity contribution in [3.8, 4) is 0 Å². The highest BCUT2D eigenvalue weighted by atomic mass is 35.5. The zero-order valence-electron chi connectivity index (χ0n) is 13.7. The van der Waals surface area contributed by atoms with E-state index in [1.54, 1.807) is 48.5 Å². The van der Waals surface area contributed by atoms with Crippen LogP contribution in [-0.2, 0) is 16.0 Å². The Morgan fingerprint density at radius 1 is 1.08 bits per heavy atom. The third-order valence-electron chi connectivity index (χ3n) is 3.77. The van der Waals surface area contributed by atoms with Crippen molar-refractivity contribution in [2.75, 3.05) is 6.61 Å². The Morgan fingerprint density at radius 2 is 1.81 bits per heavy atom. The van der Waals surface area contributed by atoms with Gasteiger partial charge in [0.2, 0.25) is 5.78 Å². The van der Waals surface area contributed by atoms with Gasteiger partial charge in [-0.2, -0.15) is 0 Å². The van der Waals surface area contributed by atoms with E-state index in [1.807, 2.05) is 0 Å². The number of H-pyrrole nitrogens is 1. The van der Waals surface area contributed by atoms with Gasteiger partial charge in [0.25, 0.3) is 5.56 Å². The number of Topliss-reactive ketones (excluding diaryl/α,β-unsaturated/α-hetero) is 1. The summed E-state index contributed by atoms with van der Waals surface area (Å²) < 4.78 is 4.99. The van der Waals surface area contributed by atoms with Gasteiger partial charge >= 0.3 is 5.97 Å². The number of hydrogen-bond acceptors (Lipinski definition) is 5. The summed E-state index contributed by atoms with van der Waals surface area (Å²) in [6.45, 7) is -0.385. The first-order chi connectivity index (χ1) is 12.5. The topological polar surface area (TPSA) is 89.1 Å². The van der Waals surface area contributed by atoms with Crippen molar-refractivity contribution in [2.24, 2.45) is 0 Å². The maximum absolute atomic E-state index is 12.0. The lowest BCUT2D eigenvalue weighted by Crippen LogP contribution is -2.16. The number of carbonyl (C=O) groups excluding carboxylic acids is 2. The zero-order chi connectivity index (χ0) is 18.5. The predicted molar refractivity (Wildman–Crippen MR) is 97.4 cm³/mol. The Bertz CT molecular complexity index is 1030. The first kappa shape index (κ1) is 17.8. The third-order valence-corrected chi connectivity index (χ3v) is 4.10. The number of aromatic nitrogens is 2. The van der Waals surface area contributed by atoms with Crippen LogP contribution in [0.2, 0.25) is 5.02 Å². The number of rotatable bonds is 6. The van der Waals surface area contributed by atoms with Gasteiger partial charge < -0.3 is 9.72 Å². The quantitative estimate of drug-likeness (QED) is 0.532. The molecule has 0 fully saturated rings. The van der Waals surface area contributed by atoms with Crippen molar-refractivity contribution in [3.05, 3.63) is 75.3 Å². The Hall–Kier alpha value is -2.99. The molecule has 0 saturated carbocycles. The van der Waals surface area contributed by atoms with Crippen LogP contribution in [0, 0.1) is 0 Å². The number of aromatic amines is 1. The van der Waals surface area contributed by atoms with Crippen molar-refractivity contribution < 1.29 is 14.3 Å². The van der Waals surface area contributed by atoms with Crippen LogP contribution in [0.3, 0.4) is 0 Å². The van der Waals surface area contributed by atoms with Crippen LogP contribution in [-0.4, -0.2) is 28.3 Å². The summed E-state index contributed by atoms with van der Waals surface area (Å²) in [6.07, 6.45) is 0.205. The molecule has 0 bridgehead atoms. The number of aryl methyl sites for hydroxylation is 1. The minimum absolute atomic E-state index is 0.00289. The number of halogens is 1. The first-order valence-corrected chi connectivity index (χ1v) is 8.33. The van der Waals surface area contributed by atoms with E-state index >= 15 is 0 Å². The van der Waals surface area contributed by atoms with Crippen molar-refractivity contribution in [2.45, 2.75) is 12.8 Å². The van der Waals surface area contributed by atoms with E-state index in [0.717, 1.165) is 0 Å². The van der Waals surface area contributed by atoms with Crippen LogP contribution in [0.5, 0.6) is 0 Å². The van der Waals surface area contributed by atoms with Gasteiger partial charge in [0.1, 0.15) is 5.82 Å². The number of nitrogens with zero attached hydrogens (tertiary/aromatic N) is 1. The molecule has 0 unspecified atom stereocenters. The fraction of sp³-hybridized carbons (Fsp3) is 0.158. The molecule has 3 aromatic rings. The average molecular weight is 371 g/mol. The monoisotopic (exact) mass is 370 g/mol. The fourth-order valence-corrected chi connectivity index (χ4v) is 2.70. The second-order valence-corrected chi connectivity index (χ2v) is 6.00. The van der Waals surface area contributed by atoms with Gasteiger partial charge in [0.15, 0.2) is 6.61 Å². The molecule has 1 heterocycles. The van der Waals surface area contributed by atoms with Crippen LogP contribution in [0.4, 0.5) is 0 Å². The zero-order valence-corrected chi connectivity index (χ0v) is 14.5. The molecule has 1 aromatic heterocycles. The largest absolute Gasteiger partial charge is 0.457 e. The molecule has 0 radical (unpaired) electrons. The van der Waals surface area contributed by atoms with Crippen molar-refractivity contribution in [1.29, 1.82) is 0 Å². The number of carbonyl (C=O) groups is 2. The summed E-state index contributed by atoms with van der Waals surface area (Å²) in [6, 6.07) is 13.5. The summed E-state index contributed by atoms with van der Waals surface area (Å²) in [4.78, 5) is 42.8. The maximum atomic E-state index is 12.0. The number of para-hydroxylation sites is 1. The Labute approximate surface area is 153 Å². The molecular formula is C19H15ClN2O4. The molecular weight excluding hydrogens is 356 g/mol. The fourth-order valence-electron chi connectivity index (χ4n) is 2.46. The van der Waals surface area contributed by atoms with Gasteiger partial charge in [0.05, 0.1) is 22.3 Å². The lowest BCUT2D eigenvalue weighted by molar-refractivity contribution is -0.142. The number of fused-ring (bicyclic) bond motifs is 1. The van der Waals surface area contributed by atoms with Crippen LogP contribution >= 0.6 is 11.6 Å². The molecule has 2 aromatic carbocycles. The summed E-state index contributed by atoms with van der Waals surface area (Å²) in [5.74, 6) is -0.537. The van der Waals surface area contributed by atoms with E-state index in [1.165, 1.54) is 0 Å². The number of hydrogen-bond donors (Lipinski definition) is 1. The lowest BCUT2D eigenvalue weighted by Gasteiger charge is -2.06. The van der Waals surface area contributed by atoms with Gasteiger partial charge in [-0.05, 0) is 24.3 Å². The Kier molecular flexibility index (Phi) is 5.43. The molecule has 0 saturated heterocycles. The standard InChI is InChI=1S/C19H15ClN2O4/c20-14-7-3-1-5-12(14)16(23)11-26-18(24)10-9-17-21-15-8-4-2-6-13(15)19(25)22-17/h1-8H,9-11H2,(H,21,22,25). The highest BCUT2D eigenvalue weighted by Crippen LogP contribution is 2.15. The second kappa shape index (κ2) is 7.93. The molecule has 1 N–H and O–H groups in total. The Morgan fingerprint density at radius 3 is 2.62 bits per heavy atom. The SMILES string of the molecule is O=C(CCc1nc2ccccc2c(=O)[nH]1)OCC(=O)c1ccccc1Cl. The molecule has 26 heavy (non-hydrogen) atoms. The van der Waals surface area contributed by atoms with Crippen molar-refractivity contribution >= 4 is 34.3 Å². The number of ketones is 1. The highest BCUT2D eigenvalue weighted by Gasteiger charge is 2.13. The number of esters is 1.